The van der Waals surface area contributed by atoms with Crippen LogP contribution in [-0.4, -0.2) is 27.9 Å². The molecule has 3 rings (SSSR count). The van der Waals surface area contributed by atoms with E-state index in [0.29, 0.717) is 5.56 Å². The van der Waals surface area contributed by atoms with Crippen molar-refractivity contribution in [3.63, 3.8) is 0 Å². The number of halogens is 3. The Hall–Kier alpha value is -2.85. The van der Waals surface area contributed by atoms with Gasteiger partial charge in [-0.1, -0.05) is 48.2 Å². The molecule has 0 radical (unpaired) electrons. The minimum Gasteiger partial charge on any atom is -0.481 e. The Balaban J connectivity index is 1.91. The van der Waals surface area contributed by atoms with Gasteiger partial charge in [0.2, 0.25) is 0 Å². The molecule has 0 spiro atoms. The zero-order valence-electron chi connectivity index (χ0n) is 14.5. The van der Waals surface area contributed by atoms with Gasteiger partial charge in [-0.3, -0.25) is 9.69 Å². The van der Waals surface area contributed by atoms with Crippen LogP contribution in [-0.2, 0) is 15.8 Å². The monoisotopic (exact) mass is 439 g/mol. The quantitative estimate of drug-likeness (QED) is 0.544. The van der Waals surface area contributed by atoms with Gasteiger partial charge in [0.25, 0.3) is 5.91 Å². The first-order valence-electron chi connectivity index (χ1n) is 8.05. The molecule has 1 fully saturated rings. The van der Waals surface area contributed by atoms with E-state index in [4.69, 9.17) is 22.1 Å². The van der Waals surface area contributed by atoms with E-state index < -0.39 is 30.2 Å². The molecule has 1 heterocycles. The molecule has 2 aromatic carbocycles. The number of ether oxygens (including phenoxy) is 1. The Kier molecular flexibility index (Phi) is 5.94. The lowest BCUT2D eigenvalue weighted by molar-refractivity contribution is -0.139. The highest BCUT2D eigenvalue weighted by atomic mass is 32.2. The van der Waals surface area contributed by atoms with Crippen molar-refractivity contribution in [3.05, 3.63) is 64.6 Å². The highest BCUT2D eigenvalue weighted by molar-refractivity contribution is 8.27. The minimum atomic E-state index is -4.55. The fourth-order valence-electron chi connectivity index (χ4n) is 2.52. The molecule has 10 heteroatoms. The third kappa shape index (κ3) is 4.77. The zero-order chi connectivity index (χ0) is 21.2. The number of carbonyl (C=O) groups is 2. The topological polar surface area (TPSA) is 66.8 Å². The van der Waals surface area contributed by atoms with Crippen molar-refractivity contribution in [2.75, 3.05) is 11.5 Å². The number of benzene rings is 2. The maximum Gasteiger partial charge on any atom is 0.416 e. The smallest absolute Gasteiger partial charge is 0.416 e. The summed E-state index contributed by atoms with van der Waals surface area (Å²) in [6.45, 7) is -0.559. The van der Waals surface area contributed by atoms with Crippen molar-refractivity contribution < 1.29 is 32.6 Å². The van der Waals surface area contributed by atoms with Crippen LogP contribution in [0.15, 0.2) is 53.4 Å². The molecule has 29 heavy (non-hydrogen) atoms. The number of rotatable bonds is 5. The number of para-hydroxylation sites is 1. The number of hydrogen-bond acceptors (Lipinski definition) is 5. The summed E-state index contributed by atoms with van der Waals surface area (Å²) in [5.74, 6) is -1.48. The summed E-state index contributed by atoms with van der Waals surface area (Å²) >= 11 is 6.12. The van der Waals surface area contributed by atoms with Gasteiger partial charge in [0.1, 0.15) is 5.75 Å². The van der Waals surface area contributed by atoms with Crippen molar-refractivity contribution in [3.8, 4) is 5.75 Å². The lowest BCUT2D eigenvalue weighted by Gasteiger charge is -2.16. The van der Waals surface area contributed by atoms with E-state index in [1.54, 1.807) is 24.3 Å². The molecule has 0 unspecified atom stereocenters. The van der Waals surface area contributed by atoms with Crippen LogP contribution in [0.3, 0.4) is 0 Å². The molecule has 1 amide bonds. The molecule has 0 atom stereocenters. The van der Waals surface area contributed by atoms with Crippen LogP contribution < -0.4 is 9.64 Å². The molecule has 150 valence electrons. The van der Waals surface area contributed by atoms with E-state index in [1.807, 2.05) is 0 Å². The molecule has 0 aliphatic carbocycles. The van der Waals surface area contributed by atoms with Crippen molar-refractivity contribution in [1.29, 1.82) is 0 Å². The molecule has 0 bridgehead atoms. The van der Waals surface area contributed by atoms with Crippen molar-refractivity contribution in [2.24, 2.45) is 0 Å². The van der Waals surface area contributed by atoms with Gasteiger partial charge in [-0.05, 0) is 30.3 Å². The fourth-order valence-corrected chi connectivity index (χ4v) is 3.81. The number of hydrogen-bond donors (Lipinski definition) is 1. The van der Waals surface area contributed by atoms with E-state index in [1.165, 1.54) is 18.2 Å². The molecule has 2 aromatic rings. The number of thiocarbonyl (C=S) groups is 1. The standard InChI is InChI=1S/C19H12F3NO4S2/c20-19(21,22)12-5-3-6-13(9-12)23-17(26)15(29-18(23)28)8-11-4-1-2-7-14(11)27-10-16(24)25/h1-9H,10H2,(H,24,25)/b15-8+. The largest absolute Gasteiger partial charge is 0.481 e. The number of carboxylic acid groups (broad SMARTS) is 1. The lowest BCUT2D eigenvalue weighted by Crippen LogP contribution is -2.27. The molecule has 1 aliphatic heterocycles. The van der Waals surface area contributed by atoms with Crippen LogP contribution in [0, 0.1) is 0 Å². The van der Waals surface area contributed by atoms with E-state index >= 15 is 0 Å². The molecule has 5 nitrogen and oxygen atoms in total. The second-order valence-electron chi connectivity index (χ2n) is 5.79. The van der Waals surface area contributed by atoms with Crippen molar-refractivity contribution in [1.82, 2.24) is 0 Å². The van der Waals surface area contributed by atoms with E-state index in [0.717, 1.165) is 28.8 Å². The van der Waals surface area contributed by atoms with Gasteiger partial charge < -0.3 is 9.84 Å². The van der Waals surface area contributed by atoms with Crippen LogP contribution in [0.1, 0.15) is 11.1 Å². The number of amides is 1. The first kappa shape index (κ1) is 20.9. The highest BCUT2D eigenvalue weighted by Gasteiger charge is 2.36. The van der Waals surface area contributed by atoms with E-state index in [2.05, 4.69) is 0 Å². The number of nitrogens with zero attached hydrogens (tertiary/aromatic N) is 1. The normalized spacial score (nSPS) is 15.8. The summed E-state index contributed by atoms with van der Waals surface area (Å²) in [5, 5.41) is 8.76. The predicted octanol–water partition coefficient (Wildman–Crippen LogP) is 4.57. The molecular formula is C19H12F3NO4S2. The number of carbonyl (C=O) groups excluding carboxylic acids is 1. The van der Waals surface area contributed by atoms with Crippen LogP contribution >= 0.6 is 24.0 Å². The third-order valence-corrected chi connectivity index (χ3v) is 5.08. The summed E-state index contributed by atoms with van der Waals surface area (Å²) in [6, 6.07) is 10.8. The predicted molar refractivity (Wildman–Crippen MR) is 107 cm³/mol. The van der Waals surface area contributed by atoms with Crippen LogP contribution in [0.5, 0.6) is 5.75 Å². The molecule has 1 saturated heterocycles. The molecular weight excluding hydrogens is 427 g/mol. The van der Waals surface area contributed by atoms with E-state index in [-0.39, 0.29) is 20.7 Å². The van der Waals surface area contributed by atoms with Crippen LogP contribution in [0.25, 0.3) is 6.08 Å². The van der Waals surface area contributed by atoms with Gasteiger partial charge in [-0.2, -0.15) is 13.2 Å². The van der Waals surface area contributed by atoms with Gasteiger partial charge in [-0.25, -0.2) is 4.79 Å². The fraction of sp³-hybridized carbons (Fsp3) is 0.105. The second-order valence-corrected chi connectivity index (χ2v) is 7.46. The maximum absolute atomic E-state index is 13.0. The number of aliphatic carboxylic acids is 1. The Bertz CT molecular complexity index is 1020. The Labute approximate surface area is 172 Å². The average molecular weight is 439 g/mol. The van der Waals surface area contributed by atoms with Crippen LogP contribution in [0.4, 0.5) is 18.9 Å². The summed E-state index contributed by atoms with van der Waals surface area (Å²) in [6.07, 6.45) is -3.09. The number of alkyl halides is 3. The number of anilines is 1. The van der Waals surface area contributed by atoms with Gasteiger partial charge in [0.15, 0.2) is 10.9 Å². The summed E-state index contributed by atoms with van der Waals surface area (Å²) in [4.78, 5) is 24.7. The van der Waals surface area contributed by atoms with E-state index in [9.17, 15) is 22.8 Å². The van der Waals surface area contributed by atoms with Gasteiger partial charge in [0, 0.05) is 5.56 Å². The second kappa shape index (κ2) is 8.26. The zero-order valence-corrected chi connectivity index (χ0v) is 16.1. The Morgan fingerprint density at radius 1 is 1.21 bits per heavy atom. The summed E-state index contributed by atoms with van der Waals surface area (Å²) in [5.41, 5.74) is -0.431. The Morgan fingerprint density at radius 2 is 1.93 bits per heavy atom. The maximum atomic E-state index is 13.0. The summed E-state index contributed by atoms with van der Waals surface area (Å²) < 4.78 is 44.2. The molecule has 0 aromatic heterocycles. The van der Waals surface area contributed by atoms with Gasteiger partial charge >= 0.3 is 12.1 Å². The number of thioether (sulfide) groups is 1. The number of carboxylic acids is 1. The molecule has 1 N–H and O–H groups in total. The lowest BCUT2D eigenvalue weighted by atomic mass is 10.1. The molecule has 0 saturated carbocycles. The molecule has 1 aliphatic rings. The first-order valence-corrected chi connectivity index (χ1v) is 9.28. The summed E-state index contributed by atoms with van der Waals surface area (Å²) in [7, 11) is 0. The minimum absolute atomic E-state index is 0.0149. The SMILES string of the molecule is O=C(O)COc1ccccc1/C=C1/SC(=S)N(c2cccc(C(F)(F)F)c2)C1=O. The third-order valence-electron chi connectivity index (χ3n) is 3.78. The first-order chi connectivity index (χ1) is 13.7. The highest BCUT2D eigenvalue weighted by Crippen LogP contribution is 2.39. The van der Waals surface area contributed by atoms with Crippen LogP contribution in [0.2, 0.25) is 0 Å². The Morgan fingerprint density at radius 3 is 2.62 bits per heavy atom. The average Bonchev–Trinajstić information content (AvgIpc) is 2.93. The van der Waals surface area contributed by atoms with Gasteiger partial charge in [-0.15, -0.1) is 0 Å². The van der Waals surface area contributed by atoms with Gasteiger partial charge in [0.05, 0.1) is 16.2 Å². The van der Waals surface area contributed by atoms with Crippen molar-refractivity contribution in [2.45, 2.75) is 6.18 Å². The van der Waals surface area contributed by atoms with Crippen molar-refractivity contribution >= 4 is 51.9 Å².